The second-order valence-corrected chi connectivity index (χ2v) is 7.97. The zero-order chi connectivity index (χ0) is 18.6. The van der Waals surface area contributed by atoms with Gasteiger partial charge in [0.2, 0.25) is 0 Å². The molecule has 3 amide bonds. The molecule has 0 radical (unpaired) electrons. The molecule has 150 valence electrons. The van der Waals surface area contributed by atoms with Crippen LogP contribution in [0.2, 0.25) is 0 Å². The van der Waals surface area contributed by atoms with E-state index in [4.69, 9.17) is 4.99 Å². The van der Waals surface area contributed by atoms with E-state index in [1.54, 1.807) is 11.3 Å². The molecular formula is C18H28IN5O2S. The van der Waals surface area contributed by atoms with Gasteiger partial charge in [0, 0.05) is 37.5 Å². The second-order valence-electron chi connectivity index (χ2n) is 6.94. The number of rotatable bonds is 5. The van der Waals surface area contributed by atoms with E-state index in [1.165, 1.54) is 4.88 Å². The van der Waals surface area contributed by atoms with Crippen molar-refractivity contribution in [2.75, 3.05) is 26.2 Å². The molecule has 2 fully saturated rings. The Bertz CT molecular complexity index is 673. The molecule has 9 heteroatoms. The minimum absolute atomic E-state index is 0. The minimum Gasteiger partial charge on any atom is -0.357 e. The van der Waals surface area contributed by atoms with E-state index in [9.17, 15) is 9.59 Å². The van der Waals surface area contributed by atoms with E-state index < -0.39 is 5.54 Å². The summed E-state index contributed by atoms with van der Waals surface area (Å²) in [5.74, 6) is 0.865. The zero-order valence-electron chi connectivity index (χ0n) is 15.8. The van der Waals surface area contributed by atoms with E-state index in [0.29, 0.717) is 0 Å². The first-order valence-corrected chi connectivity index (χ1v) is 10.1. The van der Waals surface area contributed by atoms with Gasteiger partial charge < -0.3 is 15.5 Å². The van der Waals surface area contributed by atoms with Crippen LogP contribution in [0.4, 0.5) is 4.79 Å². The average molecular weight is 505 g/mol. The van der Waals surface area contributed by atoms with Gasteiger partial charge >= 0.3 is 6.03 Å². The summed E-state index contributed by atoms with van der Waals surface area (Å²) in [5.41, 5.74) is -0.794. The van der Waals surface area contributed by atoms with Crippen molar-refractivity contribution in [2.24, 2.45) is 10.9 Å². The number of amides is 3. The SMILES string of the molecule is CCNC(=NCCc1cccs1)N1CCC(C2(C)NC(=O)NC2=O)CC1.I. The third-order valence-corrected chi connectivity index (χ3v) is 6.15. The Morgan fingerprint density at radius 1 is 1.41 bits per heavy atom. The number of carbonyl (C=O) groups excluding carboxylic acids is 2. The molecule has 1 atom stereocenters. The molecule has 0 aromatic carbocycles. The molecule has 0 aliphatic carbocycles. The van der Waals surface area contributed by atoms with Crippen LogP contribution in [0.15, 0.2) is 22.5 Å². The number of guanidine groups is 1. The molecule has 1 aromatic rings. The molecule has 0 saturated carbocycles. The van der Waals surface area contributed by atoms with Gasteiger partial charge in [-0.05, 0) is 44.1 Å². The number of urea groups is 1. The first-order valence-electron chi connectivity index (χ1n) is 9.22. The number of carbonyl (C=O) groups is 2. The third kappa shape index (κ3) is 5.13. The first-order chi connectivity index (χ1) is 12.5. The normalized spacial score (nSPS) is 23.6. The number of halogens is 1. The van der Waals surface area contributed by atoms with E-state index >= 15 is 0 Å². The second kappa shape index (κ2) is 9.72. The maximum Gasteiger partial charge on any atom is 0.322 e. The zero-order valence-corrected chi connectivity index (χ0v) is 18.9. The monoisotopic (exact) mass is 505 g/mol. The highest BCUT2D eigenvalue weighted by atomic mass is 127. The first kappa shape index (κ1) is 21.9. The molecule has 3 heterocycles. The fraction of sp³-hybridized carbons (Fsp3) is 0.611. The van der Waals surface area contributed by atoms with E-state index in [0.717, 1.165) is 51.4 Å². The van der Waals surface area contributed by atoms with Gasteiger partial charge in [0.1, 0.15) is 5.54 Å². The standard InChI is InChI=1S/C18H27N5O2S.HI/c1-3-19-16(20-9-6-14-5-4-12-26-14)23-10-7-13(8-11-23)18(2)15(24)21-17(25)22-18;/h4-5,12-13H,3,6-11H2,1-2H3,(H,19,20)(H2,21,22,24,25);1H. The summed E-state index contributed by atoms with van der Waals surface area (Å²) in [5, 5.41) is 10.6. The Balaban J connectivity index is 0.00000261. The largest absolute Gasteiger partial charge is 0.357 e. The lowest BCUT2D eigenvalue weighted by Crippen LogP contribution is -2.55. The lowest BCUT2D eigenvalue weighted by Gasteiger charge is -2.39. The predicted molar refractivity (Wildman–Crippen MR) is 119 cm³/mol. The molecule has 0 spiro atoms. The molecule has 3 rings (SSSR count). The highest BCUT2D eigenvalue weighted by molar-refractivity contribution is 14.0. The van der Waals surface area contributed by atoms with Gasteiger partial charge in [-0.25, -0.2) is 4.79 Å². The highest BCUT2D eigenvalue weighted by Crippen LogP contribution is 2.30. The summed E-state index contributed by atoms with van der Waals surface area (Å²) in [6, 6.07) is 3.82. The van der Waals surface area contributed by atoms with Crippen molar-refractivity contribution in [3.8, 4) is 0 Å². The van der Waals surface area contributed by atoms with Gasteiger partial charge in [0.15, 0.2) is 5.96 Å². The lowest BCUT2D eigenvalue weighted by molar-refractivity contribution is -0.125. The summed E-state index contributed by atoms with van der Waals surface area (Å²) >= 11 is 1.76. The van der Waals surface area contributed by atoms with Gasteiger partial charge in [0.25, 0.3) is 5.91 Å². The highest BCUT2D eigenvalue weighted by Gasteiger charge is 2.48. The number of hydrogen-bond acceptors (Lipinski definition) is 4. The van der Waals surface area contributed by atoms with Gasteiger partial charge in [-0.3, -0.25) is 15.1 Å². The summed E-state index contributed by atoms with van der Waals surface area (Å²) in [7, 11) is 0. The third-order valence-electron chi connectivity index (χ3n) is 5.22. The topological polar surface area (TPSA) is 85.8 Å². The maximum absolute atomic E-state index is 12.1. The Kier molecular flexibility index (Phi) is 7.90. The van der Waals surface area contributed by atoms with Crippen molar-refractivity contribution in [3.63, 3.8) is 0 Å². The van der Waals surface area contributed by atoms with Crippen molar-refractivity contribution in [1.29, 1.82) is 0 Å². The van der Waals surface area contributed by atoms with Gasteiger partial charge in [-0.1, -0.05) is 6.07 Å². The molecule has 2 saturated heterocycles. The van der Waals surface area contributed by atoms with Crippen molar-refractivity contribution in [1.82, 2.24) is 20.9 Å². The van der Waals surface area contributed by atoms with Crippen LogP contribution in [0.3, 0.4) is 0 Å². The number of hydrogen-bond donors (Lipinski definition) is 3. The van der Waals surface area contributed by atoms with Crippen molar-refractivity contribution in [2.45, 2.75) is 38.6 Å². The molecule has 27 heavy (non-hydrogen) atoms. The number of aliphatic imine (C=N–C) groups is 1. The van der Waals surface area contributed by atoms with E-state index in [1.807, 2.05) is 6.92 Å². The van der Waals surface area contributed by atoms with Crippen LogP contribution in [0.1, 0.15) is 31.6 Å². The number of piperidine rings is 1. The molecule has 2 aliphatic rings. The molecule has 2 aliphatic heterocycles. The van der Waals surface area contributed by atoms with Crippen molar-refractivity contribution >= 4 is 53.2 Å². The van der Waals surface area contributed by atoms with Crippen LogP contribution in [-0.4, -0.2) is 54.5 Å². The van der Waals surface area contributed by atoms with E-state index in [2.05, 4.69) is 45.3 Å². The number of nitrogens with zero attached hydrogens (tertiary/aromatic N) is 2. The number of likely N-dealkylation sites (tertiary alicyclic amines) is 1. The summed E-state index contributed by atoms with van der Waals surface area (Å²) in [6.45, 7) is 7.14. The van der Waals surface area contributed by atoms with Crippen molar-refractivity contribution in [3.05, 3.63) is 22.4 Å². The van der Waals surface area contributed by atoms with Gasteiger partial charge in [-0.2, -0.15) is 0 Å². The molecule has 1 unspecified atom stereocenters. The van der Waals surface area contributed by atoms with Crippen LogP contribution < -0.4 is 16.0 Å². The van der Waals surface area contributed by atoms with Gasteiger partial charge in [0.05, 0.1) is 0 Å². The minimum atomic E-state index is -0.794. The summed E-state index contributed by atoms with van der Waals surface area (Å²) < 4.78 is 0. The van der Waals surface area contributed by atoms with E-state index in [-0.39, 0.29) is 41.8 Å². The predicted octanol–water partition coefficient (Wildman–Crippen LogP) is 2.18. The fourth-order valence-corrected chi connectivity index (χ4v) is 4.36. The van der Waals surface area contributed by atoms with Crippen LogP contribution in [0.5, 0.6) is 0 Å². The van der Waals surface area contributed by atoms with Crippen LogP contribution in [0, 0.1) is 5.92 Å². The Morgan fingerprint density at radius 2 is 2.15 bits per heavy atom. The smallest absolute Gasteiger partial charge is 0.322 e. The molecular weight excluding hydrogens is 477 g/mol. The number of nitrogens with one attached hydrogen (secondary N) is 3. The average Bonchev–Trinajstić information content (AvgIpc) is 3.23. The number of imide groups is 1. The van der Waals surface area contributed by atoms with Crippen LogP contribution >= 0.6 is 35.3 Å². The van der Waals surface area contributed by atoms with Crippen LogP contribution in [-0.2, 0) is 11.2 Å². The molecule has 7 nitrogen and oxygen atoms in total. The molecule has 0 bridgehead atoms. The Morgan fingerprint density at radius 3 is 2.70 bits per heavy atom. The molecule has 1 aromatic heterocycles. The lowest BCUT2D eigenvalue weighted by atomic mass is 9.79. The fourth-order valence-electron chi connectivity index (χ4n) is 3.67. The number of thiophene rings is 1. The van der Waals surface area contributed by atoms with Crippen molar-refractivity contribution < 1.29 is 9.59 Å². The van der Waals surface area contributed by atoms with Crippen LogP contribution in [0.25, 0.3) is 0 Å². The summed E-state index contributed by atoms with van der Waals surface area (Å²) in [6.07, 6.45) is 2.65. The quantitative estimate of drug-likeness (QED) is 0.248. The summed E-state index contributed by atoms with van der Waals surface area (Å²) in [4.78, 5) is 32.0. The maximum atomic E-state index is 12.1. The Hall–Kier alpha value is -1.36. The molecule has 3 N–H and O–H groups in total. The Labute approximate surface area is 181 Å². The van der Waals surface area contributed by atoms with Gasteiger partial charge in [-0.15, -0.1) is 35.3 Å².